The van der Waals surface area contributed by atoms with Crippen LogP contribution >= 0.6 is 0 Å². The molecule has 1 aromatic rings. The molecule has 0 saturated heterocycles. The van der Waals surface area contributed by atoms with E-state index < -0.39 is 0 Å². The molecule has 16 heavy (non-hydrogen) atoms. The number of aromatic nitrogens is 2. The minimum Gasteiger partial charge on any atom is -0.327 e. The fourth-order valence-corrected chi connectivity index (χ4v) is 1.83. The Bertz CT molecular complexity index is 383. The summed E-state index contributed by atoms with van der Waals surface area (Å²) in [4.78, 5) is 9.21. The predicted octanol–water partition coefficient (Wildman–Crippen LogP) is 2.12. The lowest BCUT2D eigenvalue weighted by Crippen LogP contribution is -2.23. The van der Waals surface area contributed by atoms with E-state index in [0.717, 1.165) is 30.1 Å². The molecule has 88 valence electrons. The maximum absolute atomic E-state index is 5.97. The molecular weight excluding hydrogens is 198 g/mol. The zero-order chi connectivity index (χ0) is 11.8. The van der Waals surface area contributed by atoms with Crippen LogP contribution in [-0.2, 0) is 11.8 Å². The van der Waals surface area contributed by atoms with Gasteiger partial charge in [-0.25, -0.2) is 9.97 Å². The average Bonchev–Trinajstić information content (AvgIpc) is 2.97. The molecule has 1 saturated carbocycles. The van der Waals surface area contributed by atoms with Gasteiger partial charge in [0.2, 0.25) is 0 Å². The standard InChI is InChI=1S/C13H21N3/c1-4-10(14)8-11-7-9(2)15-12(16-11)13(3)5-6-13/h7,10H,4-6,8,14H2,1-3H3. The Labute approximate surface area is 97.5 Å². The van der Waals surface area contributed by atoms with Gasteiger partial charge in [-0.1, -0.05) is 13.8 Å². The van der Waals surface area contributed by atoms with Crippen LogP contribution in [0.15, 0.2) is 6.07 Å². The first-order valence-corrected chi connectivity index (χ1v) is 6.14. The molecule has 3 heteroatoms. The first-order chi connectivity index (χ1) is 7.53. The number of aryl methyl sites for hydroxylation is 1. The van der Waals surface area contributed by atoms with Gasteiger partial charge in [0.05, 0.1) is 0 Å². The second-order valence-electron chi connectivity index (χ2n) is 5.26. The van der Waals surface area contributed by atoms with Crippen molar-refractivity contribution in [3.8, 4) is 0 Å². The first kappa shape index (κ1) is 11.5. The summed E-state index contributed by atoms with van der Waals surface area (Å²) in [6.07, 6.45) is 4.30. The highest BCUT2D eigenvalue weighted by atomic mass is 14.9. The maximum atomic E-state index is 5.97. The molecule has 1 aromatic heterocycles. The Morgan fingerprint density at radius 2 is 2.12 bits per heavy atom. The van der Waals surface area contributed by atoms with Crippen molar-refractivity contribution < 1.29 is 0 Å². The molecule has 0 aromatic carbocycles. The van der Waals surface area contributed by atoms with Crippen molar-refractivity contribution in [2.24, 2.45) is 5.73 Å². The number of nitrogens with zero attached hydrogens (tertiary/aromatic N) is 2. The number of hydrogen-bond acceptors (Lipinski definition) is 3. The van der Waals surface area contributed by atoms with Gasteiger partial charge in [-0.05, 0) is 32.3 Å². The Kier molecular flexibility index (Phi) is 2.98. The van der Waals surface area contributed by atoms with Crippen molar-refractivity contribution in [2.75, 3.05) is 0 Å². The summed E-state index contributed by atoms with van der Waals surface area (Å²) in [7, 11) is 0. The van der Waals surface area contributed by atoms with Gasteiger partial charge in [0.1, 0.15) is 5.82 Å². The molecule has 1 atom stereocenters. The zero-order valence-corrected chi connectivity index (χ0v) is 10.5. The lowest BCUT2D eigenvalue weighted by molar-refractivity contribution is 0.620. The summed E-state index contributed by atoms with van der Waals surface area (Å²) in [5, 5.41) is 0. The van der Waals surface area contributed by atoms with Gasteiger partial charge in [-0.2, -0.15) is 0 Å². The molecule has 2 rings (SSSR count). The molecule has 3 nitrogen and oxygen atoms in total. The number of rotatable bonds is 4. The minimum atomic E-state index is 0.217. The monoisotopic (exact) mass is 219 g/mol. The van der Waals surface area contributed by atoms with Crippen LogP contribution in [0.2, 0.25) is 0 Å². The molecule has 1 fully saturated rings. The van der Waals surface area contributed by atoms with Crippen molar-refractivity contribution in [1.29, 1.82) is 0 Å². The van der Waals surface area contributed by atoms with E-state index in [2.05, 4.69) is 29.9 Å². The largest absolute Gasteiger partial charge is 0.327 e. The number of nitrogens with two attached hydrogens (primary N) is 1. The van der Waals surface area contributed by atoms with Gasteiger partial charge in [0.25, 0.3) is 0 Å². The normalized spacial score (nSPS) is 19.5. The lowest BCUT2D eigenvalue weighted by atomic mass is 10.1. The van der Waals surface area contributed by atoms with Crippen LogP contribution < -0.4 is 5.73 Å². The van der Waals surface area contributed by atoms with Crippen LogP contribution in [0.5, 0.6) is 0 Å². The molecule has 1 aliphatic rings. The van der Waals surface area contributed by atoms with E-state index in [9.17, 15) is 0 Å². The number of hydrogen-bond donors (Lipinski definition) is 1. The molecule has 1 unspecified atom stereocenters. The molecule has 2 N–H and O–H groups in total. The van der Waals surface area contributed by atoms with Gasteiger partial charge < -0.3 is 5.73 Å². The van der Waals surface area contributed by atoms with E-state index in [1.54, 1.807) is 0 Å². The van der Waals surface area contributed by atoms with Gasteiger partial charge in [-0.3, -0.25) is 0 Å². The van der Waals surface area contributed by atoms with Gasteiger partial charge in [0, 0.05) is 29.3 Å². The van der Waals surface area contributed by atoms with Crippen LogP contribution in [0.1, 0.15) is 50.3 Å². The highest BCUT2D eigenvalue weighted by molar-refractivity contribution is 5.21. The molecule has 1 aliphatic carbocycles. The summed E-state index contributed by atoms with van der Waals surface area (Å²) in [6, 6.07) is 2.28. The molecule has 0 amide bonds. The third-order valence-electron chi connectivity index (χ3n) is 3.44. The first-order valence-electron chi connectivity index (χ1n) is 6.14. The smallest absolute Gasteiger partial charge is 0.134 e. The highest BCUT2D eigenvalue weighted by Gasteiger charge is 2.42. The maximum Gasteiger partial charge on any atom is 0.134 e. The Morgan fingerprint density at radius 3 is 2.69 bits per heavy atom. The average molecular weight is 219 g/mol. The van der Waals surface area contributed by atoms with E-state index in [0.29, 0.717) is 0 Å². The Morgan fingerprint density at radius 1 is 1.44 bits per heavy atom. The fourth-order valence-electron chi connectivity index (χ4n) is 1.83. The summed E-state index contributed by atoms with van der Waals surface area (Å²) < 4.78 is 0. The second kappa shape index (κ2) is 4.13. The molecule has 0 spiro atoms. The molecule has 0 radical (unpaired) electrons. The van der Waals surface area contributed by atoms with Crippen LogP contribution in [0.3, 0.4) is 0 Å². The molecule has 1 heterocycles. The summed E-state index contributed by atoms with van der Waals surface area (Å²) >= 11 is 0. The quantitative estimate of drug-likeness (QED) is 0.844. The van der Waals surface area contributed by atoms with Crippen LogP contribution in [0, 0.1) is 6.92 Å². The topological polar surface area (TPSA) is 51.8 Å². The predicted molar refractivity (Wildman–Crippen MR) is 65.3 cm³/mol. The van der Waals surface area contributed by atoms with Crippen LogP contribution in [0.25, 0.3) is 0 Å². The Hall–Kier alpha value is -0.960. The van der Waals surface area contributed by atoms with E-state index in [1.165, 1.54) is 12.8 Å². The third-order valence-corrected chi connectivity index (χ3v) is 3.44. The van der Waals surface area contributed by atoms with E-state index >= 15 is 0 Å². The van der Waals surface area contributed by atoms with Crippen molar-refractivity contribution in [1.82, 2.24) is 9.97 Å². The van der Waals surface area contributed by atoms with E-state index in [-0.39, 0.29) is 11.5 Å². The van der Waals surface area contributed by atoms with Gasteiger partial charge >= 0.3 is 0 Å². The lowest BCUT2D eigenvalue weighted by Gasteiger charge is -2.12. The summed E-state index contributed by atoms with van der Waals surface area (Å²) in [5.74, 6) is 1.02. The van der Waals surface area contributed by atoms with Gasteiger partial charge in [-0.15, -0.1) is 0 Å². The Balaban J connectivity index is 2.22. The highest BCUT2D eigenvalue weighted by Crippen LogP contribution is 2.45. The van der Waals surface area contributed by atoms with Crippen LogP contribution in [0.4, 0.5) is 0 Å². The molecule has 0 bridgehead atoms. The van der Waals surface area contributed by atoms with Crippen molar-refractivity contribution in [3.63, 3.8) is 0 Å². The molecular formula is C13H21N3. The summed E-state index contributed by atoms with van der Waals surface area (Å²) in [5.41, 5.74) is 8.38. The fraction of sp³-hybridized carbons (Fsp3) is 0.692. The second-order valence-corrected chi connectivity index (χ2v) is 5.26. The van der Waals surface area contributed by atoms with E-state index in [1.807, 2.05) is 6.92 Å². The third kappa shape index (κ3) is 2.40. The molecule has 0 aliphatic heterocycles. The summed E-state index contributed by atoms with van der Waals surface area (Å²) in [6.45, 7) is 6.39. The van der Waals surface area contributed by atoms with Crippen LogP contribution in [-0.4, -0.2) is 16.0 Å². The van der Waals surface area contributed by atoms with E-state index in [4.69, 9.17) is 5.73 Å². The minimum absolute atomic E-state index is 0.217. The zero-order valence-electron chi connectivity index (χ0n) is 10.5. The SMILES string of the molecule is CCC(N)Cc1cc(C)nc(C2(C)CC2)n1. The van der Waals surface area contributed by atoms with Crippen molar-refractivity contribution in [3.05, 3.63) is 23.3 Å². The van der Waals surface area contributed by atoms with Crippen molar-refractivity contribution in [2.45, 2.75) is 57.9 Å². The van der Waals surface area contributed by atoms with Crippen molar-refractivity contribution >= 4 is 0 Å². The van der Waals surface area contributed by atoms with Gasteiger partial charge in [0.15, 0.2) is 0 Å².